The second-order valence-electron chi connectivity index (χ2n) is 5.50. The van der Waals surface area contributed by atoms with E-state index in [9.17, 15) is 0 Å². The van der Waals surface area contributed by atoms with E-state index in [1.54, 1.807) is 6.26 Å². The fourth-order valence-electron chi connectivity index (χ4n) is 2.70. The number of morpholine rings is 1. The molecule has 4 heteroatoms. The van der Waals surface area contributed by atoms with Crippen molar-refractivity contribution in [3.05, 3.63) is 23.7 Å². The normalized spacial score (nSPS) is 24.8. The summed E-state index contributed by atoms with van der Waals surface area (Å²) in [5.74, 6) is 1.07. The van der Waals surface area contributed by atoms with Crippen LogP contribution in [0.15, 0.2) is 16.7 Å². The quantitative estimate of drug-likeness (QED) is 0.802. The minimum atomic E-state index is 0.317. The van der Waals surface area contributed by atoms with Crippen LogP contribution >= 0.6 is 0 Å². The number of hydrogen-bond acceptors (Lipinski definition) is 4. The van der Waals surface area contributed by atoms with Gasteiger partial charge in [-0.05, 0) is 32.9 Å². The van der Waals surface area contributed by atoms with Crippen molar-refractivity contribution in [1.29, 1.82) is 0 Å². The summed E-state index contributed by atoms with van der Waals surface area (Å²) in [6.07, 6.45) is 3.58. The third kappa shape index (κ3) is 4.34. The average molecular weight is 266 g/mol. The molecular formula is C15H26N2O2. The van der Waals surface area contributed by atoms with E-state index in [0.717, 1.165) is 44.9 Å². The second-order valence-corrected chi connectivity index (χ2v) is 5.50. The molecule has 1 N–H and O–H groups in total. The molecule has 0 aliphatic carbocycles. The van der Waals surface area contributed by atoms with Crippen molar-refractivity contribution in [3.8, 4) is 0 Å². The summed E-state index contributed by atoms with van der Waals surface area (Å²) in [6, 6.07) is 2.09. The smallest absolute Gasteiger partial charge is 0.122 e. The Morgan fingerprint density at radius 1 is 1.32 bits per heavy atom. The molecule has 108 valence electrons. The van der Waals surface area contributed by atoms with Crippen molar-refractivity contribution >= 4 is 0 Å². The zero-order valence-electron chi connectivity index (χ0n) is 12.3. The molecule has 2 rings (SSSR count). The van der Waals surface area contributed by atoms with Crippen LogP contribution in [0.1, 0.15) is 38.5 Å². The summed E-state index contributed by atoms with van der Waals surface area (Å²) in [5, 5.41) is 3.40. The SMILES string of the molecule is CCCNCc1occc1CN1CC(C)OC(C)C1. The molecule has 1 fully saturated rings. The number of rotatable bonds is 6. The van der Waals surface area contributed by atoms with Gasteiger partial charge in [-0.2, -0.15) is 0 Å². The highest BCUT2D eigenvalue weighted by Crippen LogP contribution is 2.17. The molecule has 0 bridgehead atoms. The monoisotopic (exact) mass is 266 g/mol. The van der Waals surface area contributed by atoms with Crippen molar-refractivity contribution in [2.75, 3.05) is 19.6 Å². The molecule has 0 radical (unpaired) electrons. The lowest BCUT2D eigenvalue weighted by Crippen LogP contribution is -2.44. The predicted octanol–water partition coefficient (Wildman–Crippen LogP) is 2.39. The molecule has 1 saturated heterocycles. The number of hydrogen-bond donors (Lipinski definition) is 1. The molecule has 0 aromatic carbocycles. The van der Waals surface area contributed by atoms with Gasteiger partial charge in [-0.1, -0.05) is 6.92 Å². The van der Waals surface area contributed by atoms with Gasteiger partial charge in [-0.25, -0.2) is 0 Å². The van der Waals surface area contributed by atoms with Gasteiger partial charge >= 0.3 is 0 Å². The van der Waals surface area contributed by atoms with Crippen LogP contribution in [0.25, 0.3) is 0 Å². The van der Waals surface area contributed by atoms with Crippen LogP contribution in [0.4, 0.5) is 0 Å². The van der Waals surface area contributed by atoms with Gasteiger partial charge < -0.3 is 14.5 Å². The molecule has 0 amide bonds. The Morgan fingerprint density at radius 3 is 2.74 bits per heavy atom. The lowest BCUT2D eigenvalue weighted by Gasteiger charge is -2.35. The third-order valence-electron chi connectivity index (χ3n) is 3.44. The molecule has 0 spiro atoms. The van der Waals surface area contributed by atoms with Gasteiger partial charge in [-0.3, -0.25) is 4.90 Å². The first-order valence-electron chi connectivity index (χ1n) is 7.32. The zero-order valence-corrected chi connectivity index (χ0v) is 12.3. The van der Waals surface area contributed by atoms with Gasteiger partial charge in [0, 0.05) is 25.2 Å². The summed E-state index contributed by atoms with van der Waals surface area (Å²) in [4.78, 5) is 2.45. The van der Waals surface area contributed by atoms with Gasteiger partial charge in [0.15, 0.2) is 0 Å². The molecule has 2 heterocycles. The summed E-state index contributed by atoms with van der Waals surface area (Å²) >= 11 is 0. The fraction of sp³-hybridized carbons (Fsp3) is 0.733. The standard InChI is InChI=1S/C15H26N2O2/c1-4-6-16-8-15-14(5-7-18-15)11-17-9-12(2)19-13(3)10-17/h5,7,12-13,16H,4,6,8-11H2,1-3H3. The fourth-order valence-corrected chi connectivity index (χ4v) is 2.70. The van der Waals surface area contributed by atoms with E-state index in [1.807, 2.05) is 0 Å². The Balaban J connectivity index is 1.89. The van der Waals surface area contributed by atoms with E-state index < -0.39 is 0 Å². The molecule has 1 aromatic rings. The molecule has 0 saturated carbocycles. The van der Waals surface area contributed by atoms with E-state index in [0.29, 0.717) is 12.2 Å². The first-order valence-corrected chi connectivity index (χ1v) is 7.32. The summed E-state index contributed by atoms with van der Waals surface area (Å²) in [5.41, 5.74) is 1.30. The van der Waals surface area contributed by atoms with E-state index in [4.69, 9.17) is 9.15 Å². The van der Waals surface area contributed by atoms with Gasteiger partial charge in [0.2, 0.25) is 0 Å². The van der Waals surface area contributed by atoms with Crippen molar-refractivity contribution < 1.29 is 9.15 Å². The predicted molar refractivity (Wildman–Crippen MR) is 76.0 cm³/mol. The van der Waals surface area contributed by atoms with Crippen LogP contribution in [-0.4, -0.2) is 36.7 Å². The van der Waals surface area contributed by atoms with E-state index >= 15 is 0 Å². The largest absolute Gasteiger partial charge is 0.468 e. The Kier molecular flexibility index (Phi) is 5.43. The number of ether oxygens (including phenoxy) is 1. The molecule has 4 nitrogen and oxygen atoms in total. The van der Waals surface area contributed by atoms with Crippen LogP contribution in [-0.2, 0) is 17.8 Å². The number of furan rings is 1. The topological polar surface area (TPSA) is 37.6 Å². The Labute approximate surface area is 116 Å². The minimum Gasteiger partial charge on any atom is -0.468 e. The van der Waals surface area contributed by atoms with Crippen molar-refractivity contribution in [3.63, 3.8) is 0 Å². The van der Waals surface area contributed by atoms with E-state index in [1.165, 1.54) is 5.56 Å². The van der Waals surface area contributed by atoms with Crippen LogP contribution in [0.2, 0.25) is 0 Å². The molecule has 1 aliphatic rings. The van der Waals surface area contributed by atoms with E-state index in [2.05, 4.69) is 37.1 Å². The molecule has 1 aliphatic heterocycles. The maximum absolute atomic E-state index is 5.77. The van der Waals surface area contributed by atoms with E-state index in [-0.39, 0.29) is 0 Å². The van der Waals surface area contributed by atoms with Crippen molar-refractivity contribution in [2.45, 2.75) is 52.5 Å². The first-order chi connectivity index (χ1) is 9.19. The van der Waals surface area contributed by atoms with Gasteiger partial charge in [0.25, 0.3) is 0 Å². The summed E-state index contributed by atoms with van der Waals surface area (Å²) in [7, 11) is 0. The maximum atomic E-state index is 5.77. The highest BCUT2D eigenvalue weighted by atomic mass is 16.5. The van der Waals surface area contributed by atoms with Gasteiger partial charge in [-0.15, -0.1) is 0 Å². The number of nitrogens with zero attached hydrogens (tertiary/aromatic N) is 1. The Hall–Kier alpha value is -0.840. The van der Waals surface area contributed by atoms with Gasteiger partial charge in [0.1, 0.15) is 5.76 Å². The maximum Gasteiger partial charge on any atom is 0.122 e. The van der Waals surface area contributed by atoms with Crippen LogP contribution in [0.3, 0.4) is 0 Å². The lowest BCUT2D eigenvalue weighted by molar-refractivity contribution is -0.0706. The molecule has 19 heavy (non-hydrogen) atoms. The Bertz CT molecular complexity index is 368. The van der Waals surface area contributed by atoms with Crippen LogP contribution in [0.5, 0.6) is 0 Å². The summed E-state index contributed by atoms with van der Waals surface area (Å²) in [6.45, 7) is 11.3. The summed E-state index contributed by atoms with van der Waals surface area (Å²) < 4.78 is 11.4. The lowest BCUT2D eigenvalue weighted by atomic mass is 10.2. The van der Waals surface area contributed by atoms with Crippen LogP contribution < -0.4 is 5.32 Å². The van der Waals surface area contributed by atoms with Crippen molar-refractivity contribution in [2.24, 2.45) is 0 Å². The molecular weight excluding hydrogens is 240 g/mol. The molecule has 2 unspecified atom stereocenters. The van der Waals surface area contributed by atoms with Crippen molar-refractivity contribution in [1.82, 2.24) is 10.2 Å². The molecule has 2 atom stereocenters. The first kappa shape index (κ1) is 14.6. The molecule has 1 aromatic heterocycles. The van der Waals surface area contributed by atoms with Gasteiger partial charge in [0.05, 0.1) is 25.0 Å². The highest BCUT2D eigenvalue weighted by molar-refractivity contribution is 5.17. The zero-order chi connectivity index (χ0) is 13.7. The highest BCUT2D eigenvalue weighted by Gasteiger charge is 2.23. The Morgan fingerprint density at radius 2 is 2.05 bits per heavy atom. The second kappa shape index (κ2) is 7.08. The van der Waals surface area contributed by atoms with Crippen LogP contribution in [0, 0.1) is 0 Å². The average Bonchev–Trinajstić information content (AvgIpc) is 2.76. The number of nitrogens with one attached hydrogen (secondary N) is 1. The minimum absolute atomic E-state index is 0.317. The third-order valence-corrected chi connectivity index (χ3v) is 3.44.